The van der Waals surface area contributed by atoms with E-state index in [4.69, 9.17) is 11.6 Å². The highest BCUT2D eigenvalue weighted by atomic mass is 79.9. The van der Waals surface area contributed by atoms with Gasteiger partial charge in [0.2, 0.25) is 0 Å². The lowest BCUT2D eigenvalue weighted by atomic mass is 10.1. The number of hydrogen-bond donors (Lipinski definition) is 1. The number of halogens is 5. The topological polar surface area (TPSA) is 37.3 Å². The van der Waals surface area contributed by atoms with Crippen LogP contribution < -0.4 is 0 Å². The highest BCUT2D eigenvalue weighted by Crippen LogP contribution is 2.39. The van der Waals surface area contributed by atoms with Gasteiger partial charge in [-0.2, -0.15) is 13.2 Å². The zero-order chi connectivity index (χ0) is 12.5. The molecule has 0 fully saturated rings. The zero-order valence-corrected chi connectivity index (χ0v) is 9.95. The summed E-state index contributed by atoms with van der Waals surface area (Å²) in [6, 6.07) is 1.52. The lowest BCUT2D eigenvalue weighted by molar-refractivity contribution is -0.137. The average Bonchev–Trinajstić information content (AvgIpc) is 2.18. The summed E-state index contributed by atoms with van der Waals surface area (Å²) in [5, 5.41) is 8.25. The number of carbonyl (C=O) groups is 1. The molecule has 1 aromatic carbocycles. The van der Waals surface area contributed by atoms with Crippen molar-refractivity contribution in [3.63, 3.8) is 0 Å². The molecule has 0 amide bonds. The second kappa shape index (κ2) is 4.63. The normalized spacial score (nSPS) is 11.6. The maximum Gasteiger partial charge on any atom is 0.418 e. The maximum absolute atomic E-state index is 12.5. The van der Waals surface area contributed by atoms with Crippen LogP contribution in [0.25, 0.3) is 0 Å². The molecule has 1 N–H and O–H groups in total. The largest absolute Gasteiger partial charge is 0.506 e. The predicted octanol–water partition coefficient (Wildman–Crippen LogP) is 3.64. The van der Waals surface area contributed by atoms with Gasteiger partial charge in [0.25, 0.3) is 0 Å². The van der Waals surface area contributed by atoms with Gasteiger partial charge in [-0.1, -0.05) is 27.5 Å². The number of rotatable bonds is 2. The molecular weight excluding hydrogens is 312 g/mol. The molecule has 0 radical (unpaired) electrons. The lowest BCUT2D eigenvalue weighted by Gasteiger charge is -2.11. The molecule has 0 saturated heterocycles. The van der Waals surface area contributed by atoms with Crippen LogP contribution in [0.5, 0.6) is 5.75 Å². The molecule has 0 bridgehead atoms. The van der Waals surface area contributed by atoms with Gasteiger partial charge < -0.3 is 5.11 Å². The van der Waals surface area contributed by atoms with Gasteiger partial charge in [0.15, 0.2) is 5.78 Å². The van der Waals surface area contributed by atoms with Gasteiger partial charge in [-0.25, -0.2) is 0 Å². The number of hydrogen-bond acceptors (Lipinski definition) is 2. The summed E-state index contributed by atoms with van der Waals surface area (Å²) >= 11 is 8.13. The average molecular weight is 317 g/mol. The number of carbonyl (C=O) groups excluding carboxylic acids is 1. The van der Waals surface area contributed by atoms with Gasteiger partial charge in [-0.15, -0.1) is 0 Å². The van der Waals surface area contributed by atoms with Crippen LogP contribution in [-0.4, -0.2) is 16.2 Å². The Morgan fingerprint density at radius 1 is 1.44 bits per heavy atom. The molecule has 0 atom stereocenters. The molecule has 88 valence electrons. The molecule has 7 heteroatoms. The van der Waals surface area contributed by atoms with Crippen LogP contribution in [0.15, 0.2) is 12.1 Å². The summed E-state index contributed by atoms with van der Waals surface area (Å²) in [6.07, 6.45) is -4.71. The van der Waals surface area contributed by atoms with Gasteiger partial charge in [0.1, 0.15) is 5.75 Å². The molecule has 1 rings (SSSR count). The van der Waals surface area contributed by atoms with Crippen molar-refractivity contribution in [3.8, 4) is 5.75 Å². The molecule has 0 aliphatic rings. The number of aromatic hydroxyl groups is 1. The Hall–Kier alpha value is -0.750. The molecule has 0 aliphatic carbocycles. The number of ketones is 1. The summed E-state index contributed by atoms with van der Waals surface area (Å²) in [6.45, 7) is 0. The van der Waals surface area contributed by atoms with Crippen LogP contribution >= 0.6 is 27.5 Å². The van der Waals surface area contributed by atoms with Gasteiger partial charge in [-0.05, 0) is 12.1 Å². The maximum atomic E-state index is 12.5. The van der Waals surface area contributed by atoms with Crippen molar-refractivity contribution in [2.24, 2.45) is 0 Å². The van der Waals surface area contributed by atoms with E-state index in [1.807, 2.05) is 0 Å². The van der Waals surface area contributed by atoms with Crippen LogP contribution in [0.4, 0.5) is 13.2 Å². The molecule has 0 spiro atoms. The van der Waals surface area contributed by atoms with Crippen molar-refractivity contribution < 1.29 is 23.1 Å². The highest BCUT2D eigenvalue weighted by Gasteiger charge is 2.35. The number of benzene rings is 1. The summed E-state index contributed by atoms with van der Waals surface area (Å²) in [7, 11) is 0. The summed E-state index contributed by atoms with van der Waals surface area (Å²) in [4.78, 5) is 11.2. The molecule has 0 unspecified atom stereocenters. The van der Waals surface area contributed by atoms with E-state index in [2.05, 4.69) is 15.9 Å². The first-order valence-corrected chi connectivity index (χ1v) is 5.46. The van der Waals surface area contributed by atoms with Gasteiger partial charge >= 0.3 is 6.18 Å². The quantitative estimate of drug-likeness (QED) is 0.668. The van der Waals surface area contributed by atoms with Crippen LogP contribution in [0.2, 0.25) is 5.02 Å². The van der Waals surface area contributed by atoms with Crippen LogP contribution in [0.3, 0.4) is 0 Å². The number of Topliss-reactive ketones (excluding diaryl/α,β-unsaturated/α-hetero) is 1. The van der Waals surface area contributed by atoms with E-state index in [1.54, 1.807) is 0 Å². The van der Waals surface area contributed by atoms with Crippen LogP contribution in [0, 0.1) is 0 Å². The molecular formula is C9H5BrClF3O2. The van der Waals surface area contributed by atoms with Gasteiger partial charge in [-0.3, -0.25) is 4.79 Å². The van der Waals surface area contributed by atoms with E-state index in [-0.39, 0.29) is 10.9 Å². The third-order valence-electron chi connectivity index (χ3n) is 1.80. The molecule has 0 saturated carbocycles. The third-order valence-corrected chi connectivity index (χ3v) is 2.71. The van der Waals surface area contributed by atoms with E-state index >= 15 is 0 Å². The minimum Gasteiger partial charge on any atom is -0.506 e. The fraction of sp³-hybridized carbons (Fsp3) is 0.222. The third kappa shape index (κ3) is 2.68. The SMILES string of the molecule is O=C(CBr)c1cc(O)c(Cl)c(C(F)(F)F)c1. The Morgan fingerprint density at radius 3 is 2.44 bits per heavy atom. The Labute approximate surface area is 102 Å². The molecule has 0 aromatic heterocycles. The highest BCUT2D eigenvalue weighted by molar-refractivity contribution is 9.09. The number of phenolic OH excluding ortho intramolecular Hbond substituents is 1. The standard InChI is InChI=1S/C9H5BrClF3O2/c10-3-7(16)4-1-5(9(12,13)14)8(11)6(15)2-4/h1-2,15H,3H2. The predicted molar refractivity (Wildman–Crippen MR) is 56.2 cm³/mol. The first kappa shape index (κ1) is 13.3. The second-order valence-electron chi connectivity index (χ2n) is 2.91. The Kier molecular flexibility index (Phi) is 3.85. The minimum atomic E-state index is -4.71. The van der Waals surface area contributed by atoms with Crippen molar-refractivity contribution in [1.29, 1.82) is 0 Å². The first-order chi connectivity index (χ1) is 7.27. The summed E-state index contributed by atoms with van der Waals surface area (Å²) in [5.41, 5.74) is -1.47. The second-order valence-corrected chi connectivity index (χ2v) is 3.85. The zero-order valence-electron chi connectivity index (χ0n) is 7.61. The lowest BCUT2D eigenvalue weighted by Crippen LogP contribution is -2.09. The Balaban J connectivity index is 3.39. The van der Waals surface area contributed by atoms with E-state index in [0.29, 0.717) is 6.07 Å². The summed E-state index contributed by atoms with van der Waals surface area (Å²) < 4.78 is 37.4. The summed E-state index contributed by atoms with van der Waals surface area (Å²) in [5.74, 6) is -1.33. The van der Waals surface area contributed by atoms with Crippen molar-refractivity contribution in [1.82, 2.24) is 0 Å². The van der Waals surface area contributed by atoms with Crippen LogP contribution in [0.1, 0.15) is 15.9 Å². The van der Waals surface area contributed by atoms with Crippen LogP contribution in [-0.2, 0) is 6.18 Å². The van der Waals surface area contributed by atoms with E-state index in [1.165, 1.54) is 0 Å². The van der Waals surface area contributed by atoms with E-state index < -0.39 is 28.3 Å². The van der Waals surface area contributed by atoms with E-state index in [9.17, 15) is 23.1 Å². The molecule has 0 heterocycles. The van der Waals surface area contributed by atoms with E-state index in [0.717, 1.165) is 6.07 Å². The van der Waals surface area contributed by atoms with Crippen molar-refractivity contribution in [2.75, 3.05) is 5.33 Å². The smallest absolute Gasteiger partial charge is 0.418 e. The Bertz CT molecular complexity index is 431. The first-order valence-electron chi connectivity index (χ1n) is 3.96. The minimum absolute atomic E-state index is 0.134. The molecule has 16 heavy (non-hydrogen) atoms. The van der Waals surface area contributed by atoms with Gasteiger partial charge in [0.05, 0.1) is 15.9 Å². The number of phenols is 1. The Morgan fingerprint density at radius 2 is 2.00 bits per heavy atom. The van der Waals surface area contributed by atoms with Crippen molar-refractivity contribution >= 4 is 33.3 Å². The molecule has 1 aromatic rings. The van der Waals surface area contributed by atoms with Crippen molar-refractivity contribution in [3.05, 3.63) is 28.3 Å². The molecule has 2 nitrogen and oxygen atoms in total. The van der Waals surface area contributed by atoms with Crippen molar-refractivity contribution in [2.45, 2.75) is 6.18 Å². The number of alkyl halides is 4. The van der Waals surface area contributed by atoms with Gasteiger partial charge in [0, 0.05) is 5.56 Å². The fourth-order valence-electron chi connectivity index (χ4n) is 1.05. The fourth-order valence-corrected chi connectivity index (χ4v) is 1.59. The molecule has 0 aliphatic heterocycles. The monoisotopic (exact) mass is 316 g/mol.